The zero-order valence-electron chi connectivity index (χ0n) is 21.0. The van der Waals surface area contributed by atoms with Gasteiger partial charge in [-0.3, -0.25) is 4.79 Å². The van der Waals surface area contributed by atoms with Gasteiger partial charge in [-0.25, -0.2) is 8.78 Å². The molecule has 3 N–H and O–H groups in total. The van der Waals surface area contributed by atoms with Crippen LogP contribution in [-0.2, 0) is 6.42 Å². The Kier molecular flexibility index (Phi) is 7.48. The first-order chi connectivity index (χ1) is 19.2. The van der Waals surface area contributed by atoms with Crippen molar-refractivity contribution in [2.75, 3.05) is 0 Å². The van der Waals surface area contributed by atoms with Gasteiger partial charge >= 0.3 is 0 Å². The predicted molar refractivity (Wildman–Crippen MR) is 145 cm³/mol. The summed E-state index contributed by atoms with van der Waals surface area (Å²) in [5.74, 6) is -2.12. The van der Waals surface area contributed by atoms with Crippen molar-refractivity contribution in [3.8, 4) is 33.8 Å². The summed E-state index contributed by atoms with van der Waals surface area (Å²) in [6, 6.07) is 19.3. The van der Waals surface area contributed by atoms with E-state index in [9.17, 15) is 23.8 Å². The summed E-state index contributed by atoms with van der Waals surface area (Å²) in [7, 11) is 0. The first kappa shape index (κ1) is 26.8. The molecule has 1 aromatic heterocycles. The molecule has 7 nitrogen and oxygen atoms in total. The second-order valence-corrected chi connectivity index (χ2v) is 9.54. The predicted octanol–water partition coefficient (Wildman–Crippen LogP) is 6.77. The lowest BCUT2D eigenvalue weighted by Gasteiger charge is -2.17. The Morgan fingerprint density at radius 1 is 0.875 bits per heavy atom. The van der Waals surface area contributed by atoms with E-state index in [1.165, 1.54) is 36.4 Å². The standard InChI is InChI=1S/C30H22ClF2N3O4/c1-16-34-30(40-36-16)26(12-17-2-4-18(5-3-17)20-6-9-24(32)23(31)14-20)35-29(39)22-13-19(7-10-27(22)37)21-8-11-28(38)25(33)15-21/h2-11,13-15,26,37-38H,12H2,1H3,(H,35,39)/t26-/m1/s1. The number of hydrogen-bond donors (Lipinski definition) is 3. The van der Waals surface area contributed by atoms with Crippen LogP contribution >= 0.6 is 11.6 Å². The van der Waals surface area contributed by atoms with E-state index in [1.807, 2.05) is 24.3 Å². The molecule has 10 heteroatoms. The van der Waals surface area contributed by atoms with E-state index in [0.29, 0.717) is 17.0 Å². The largest absolute Gasteiger partial charge is 0.507 e. The highest BCUT2D eigenvalue weighted by atomic mass is 35.5. The minimum atomic E-state index is -0.808. The van der Waals surface area contributed by atoms with Crippen LogP contribution in [0.5, 0.6) is 11.5 Å². The van der Waals surface area contributed by atoms with E-state index < -0.39 is 29.3 Å². The number of carbonyl (C=O) groups excluding carboxylic acids is 1. The van der Waals surface area contributed by atoms with Gasteiger partial charge in [-0.15, -0.1) is 0 Å². The molecule has 1 heterocycles. The Hall–Kier alpha value is -4.76. The van der Waals surface area contributed by atoms with E-state index in [1.54, 1.807) is 19.1 Å². The summed E-state index contributed by atoms with van der Waals surface area (Å²) in [5, 5.41) is 26.6. The Bertz CT molecular complexity index is 1710. The van der Waals surface area contributed by atoms with Crippen molar-refractivity contribution >= 4 is 17.5 Å². The van der Waals surface area contributed by atoms with E-state index in [2.05, 4.69) is 15.5 Å². The summed E-state index contributed by atoms with van der Waals surface area (Å²) in [5.41, 5.74) is 3.23. The van der Waals surface area contributed by atoms with Gasteiger partial charge in [0.05, 0.1) is 10.6 Å². The maximum Gasteiger partial charge on any atom is 0.255 e. The van der Waals surface area contributed by atoms with E-state index in [4.69, 9.17) is 16.1 Å². The fourth-order valence-electron chi connectivity index (χ4n) is 4.22. The van der Waals surface area contributed by atoms with Crippen LogP contribution in [0.4, 0.5) is 8.78 Å². The van der Waals surface area contributed by atoms with Crippen LogP contribution in [0.2, 0.25) is 5.02 Å². The first-order valence-electron chi connectivity index (χ1n) is 12.2. The van der Waals surface area contributed by atoms with Crippen LogP contribution in [0.3, 0.4) is 0 Å². The third-order valence-corrected chi connectivity index (χ3v) is 6.61. The minimum Gasteiger partial charge on any atom is -0.507 e. The summed E-state index contributed by atoms with van der Waals surface area (Å²) < 4.78 is 32.8. The maximum atomic E-state index is 13.9. The van der Waals surface area contributed by atoms with Gasteiger partial charge in [-0.05, 0) is 71.1 Å². The smallest absolute Gasteiger partial charge is 0.255 e. The molecular weight excluding hydrogens is 540 g/mol. The second kappa shape index (κ2) is 11.2. The van der Waals surface area contributed by atoms with Gasteiger partial charge in [0, 0.05) is 6.42 Å². The van der Waals surface area contributed by atoms with Gasteiger partial charge < -0.3 is 20.1 Å². The molecule has 5 aromatic rings. The first-order valence-corrected chi connectivity index (χ1v) is 12.5. The van der Waals surface area contributed by atoms with Crippen molar-refractivity contribution in [3.05, 3.63) is 118 Å². The molecule has 0 radical (unpaired) electrons. The Balaban J connectivity index is 1.40. The van der Waals surface area contributed by atoms with Crippen LogP contribution in [0.1, 0.15) is 33.7 Å². The van der Waals surface area contributed by atoms with Gasteiger partial charge in [0.1, 0.15) is 17.6 Å². The summed E-state index contributed by atoms with van der Waals surface area (Å²) >= 11 is 5.92. The number of nitrogens with one attached hydrogen (secondary N) is 1. The number of hydrogen-bond acceptors (Lipinski definition) is 6. The summed E-state index contributed by atoms with van der Waals surface area (Å²) in [4.78, 5) is 17.6. The van der Waals surface area contributed by atoms with Crippen LogP contribution in [-0.4, -0.2) is 26.3 Å². The molecule has 0 aliphatic rings. The number of aromatic nitrogens is 2. The number of amides is 1. The lowest BCUT2D eigenvalue weighted by molar-refractivity contribution is 0.0925. The average molecular weight is 562 g/mol. The number of nitrogens with zero attached hydrogens (tertiary/aromatic N) is 2. The molecule has 5 rings (SSSR count). The number of rotatable bonds is 7. The molecule has 1 atom stereocenters. The molecule has 0 spiro atoms. The number of benzene rings is 4. The van der Waals surface area contributed by atoms with Crippen molar-refractivity contribution in [2.24, 2.45) is 0 Å². The van der Waals surface area contributed by atoms with Gasteiger partial charge in [0.25, 0.3) is 5.91 Å². The molecule has 0 unspecified atom stereocenters. The minimum absolute atomic E-state index is 0.0268. The molecule has 0 bridgehead atoms. The second-order valence-electron chi connectivity index (χ2n) is 9.13. The molecule has 0 saturated carbocycles. The van der Waals surface area contributed by atoms with E-state index in [0.717, 1.165) is 22.8 Å². The summed E-state index contributed by atoms with van der Waals surface area (Å²) in [6.45, 7) is 1.65. The molecule has 0 aliphatic heterocycles. The molecular formula is C30H22ClF2N3O4. The number of aryl methyl sites for hydroxylation is 1. The van der Waals surface area contributed by atoms with Crippen LogP contribution in [0.25, 0.3) is 22.3 Å². The summed E-state index contributed by atoms with van der Waals surface area (Å²) in [6.07, 6.45) is 0.279. The van der Waals surface area contributed by atoms with Crippen LogP contribution < -0.4 is 5.32 Å². The van der Waals surface area contributed by atoms with Gasteiger partial charge in [0.2, 0.25) is 5.89 Å². The maximum absolute atomic E-state index is 13.9. The Morgan fingerprint density at radius 2 is 1.50 bits per heavy atom. The highest BCUT2D eigenvalue weighted by molar-refractivity contribution is 6.31. The molecule has 1 amide bonds. The third kappa shape index (κ3) is 5.79. The number of phenolic OH excluding ortho intramolecular Hbond substituents is 2. The van der Waals surface area contributed by atoms with Crippen molar-refractivity contribution in [2.45, 2.75) is 19.4 Å². The number of halogens is 3. The Morgan fingerprint density at radius 3 is 2.15 bits per heavy atom. The average Bonchev–Trinajstić information content (AvgIpc) is 3.38. The molecule has 202 valence electrons. The van der Waals surface area contributed by atoms with Gasteiger partial charge in [-0.2, -0.15) is 4.98 Å². The van der Waals surface area contributed by atoms with Crippen LogP contribution in [0, 0.1) is 18.6 Å². The quantitative estimate of drug-likeness (QED) is 0.202. The molecule has 0 saturated heterocycles. The molecule has 40 heavy (non-hydrogen) atoms. The SMILES string of the molecule is Cc1noc([C@@H](Cc2ccc(-c3ccc(F)c(Cl)c3)cc2)NC(=O)c2cc(-c3ccc(O)c(F)c3)ccc2O)n1. The number of phenols is 2. The van der Waals surface area contributed by atoms with Crippen molar-refractivity contribution in [1.29, 1.82) is 0 Å². The van der Waals surface area contributed by atoms with E-state index >= 15 is 0 Å². The van der Waals surface area contributed by atoms with Gasteiger partial charge in [-0.1, -0.05) is 59.2 Å². The Labute approximate surface area is 232 Å². The molecule has 4 aromatic carbocycles. The lowest BCUT2D eigenvalue weighted by atomic mass is 9.99. The molecule has 0 fully saturated rings. The van der Waals surface area contributed by atoms with Gasteiger partial charge in [0.15, 0.2) is 17.4 Å². The van der Waals surface area contributed by atoms with Crippen molar-refractivity contribution in [1.82, 2.24) is 15.5 Å². The fraction of sp³-hybridized carbons (Fsp3) is 0.100. The fourth-order valence-corrected chi connectivity index (χ4v) is 4.40. The van der Waals surface area contributed by atoms with Crippen LogP contribution in [0.15, 0.2) is 83.4 Å². The monoisotopic (exact) mass is 561 g/mol. The van der Waals surface area contributed by atoms with E-state index in [-0.39, 0.29) is 28.6 Å². The highest BCUT2D eigenvalue weighted by Crippen LogP contribution is 2.30. The van der Waals surface area contributed by atoms with Crippen molar-refractivity contribution < 1.29 is 28.3 Å². The lowest BCUT2D eigenvalue weighted by Crippen LogP contribution is -2.30. The highest BCUT2D eigenvalue weighted by Gasteiger charge is 2.24. The topological polar surface area (TPSA) is 108 Å². The molecule has 0 aliphatic carbocycles. The van der Waals surface area contributed by atoms with Crippen molar-refractivity contribution in [3.63, 3.8) is 0 Å². The number of carbonyl (C=O) groups is 1. The normalized spacial score (nSPS) is 11.8. The number of aromatic hydroxyl groups is 2. The zero-order chi connectivity index (χ0) is 28.4. The third-order valence-electron chi connectivity index (χ3n) is 6.32. The zero-order valence-corrected chi connectivity index (χ0v) is 21.8.